The van der Waals surface area contributed by atoms with E-state index in [4.69, 9.17) is 5.73 Å². The first-order valence-corrected chi connectivity index (χ1v) is 5.49. The molecule has 1 fully saturated rings. The Morgan fingerprint density at radius 3 is 2.23 bits per heavy atom. The highest BCUT2D eigenvalue weighted by Gasteiger charge is 2.19. The summed E-state index contributed by atoms with van der Waals surface area (Å²) < 4.78 is 0. The van der Waals surface area contributed by atoms with Gasteiger partial charge in [0.05, 0.1) is 0 Å². The summed E-state index contributed by atoms with van der Waals surface area (Å²) in [5.41, 5.74) is 5.85. The van der Waals surface area contributed by atoms with E-state index in [1.54, 1.807) is 0 Å². The average Bonchev–Trinajstić information content (AvgIpc) is 2.02. The molecule has 1 rings (SSSR count). The van der Waals surface area contributed by atoms with E-state index >= 15 is 0 Å². The van der Waals surface area contributed by atoms with Crippen LogP contribution in [0.1, 0.15) is 46.5 Å². The van der Waals surface area contributed by atoms with E-state index in [1.807, 2.05) is 0 Å². The van der Waals surface area contributed by atoms with Crippen LogP contribution in [0.5, 0.6) is 0 Å². The van der Waals surface area contributed by atoms with Crippen molar-refractivity contribution in [3.63, 3.8) is 0 Å². The van der Waals surface area contributed by atoms with Crippen molar-refractivity contribution >= 4 is 0 Å². The van der Waals surface area contributed by atoms with Gasteiger partial charge in [-0.15, -0.1) is 0 Å². The third-order valence-electron chi connectivity index (χ3n) is 2.86. The van der Waals surface area contributed by atoms with Crippen LogP contribution in [0.3, 0.4) is 0 Å². The summed E-state index contributed by atoms with van der Waals surface area (Å²) in [7, 11) is 0. The molecule has 0 aromatic heterocycles. The Morgan fingerprint density at radius 2 is 1.77 bits per heavy atom. The molecule has 0 aliphatic heterocycles. The van der Waals surface area contributed by atoms with Crippen molar-refractivity contribution in [1.29, 1.82) is 0 Å². The zero-order valence-corrected chi connectivity index (χ0v) is 9.27. The van der Waals surface area contributed by atoms with Crippen molar-refractivity contribution in [2.75, 3.05) is 6.54 Å². The zero-order chi connectivity index (χ0) is 9.90. The molecule has 1 saturated carbocycles. The van der Waals surface area contributed by atoms with E-state index in [1.165, 1.54) is 25.7 Å². The molecule has 0 atom stereocenters. The van der Waals surface area contributed by atoms with E-state index < -0.39 is 0 Å². The predicted molar refractivity (Wildman–Crippen MR) is 57.7 cm³/mol. The van der Waals surface area contributed by atoms with Gasteiger partial charge in [-0.05, 0) is 45.4 Å². The van der Waals surface area contributed by atoms with E-state index in [9.17, 15) is 0 Å². The molecule has 0 heterocycles. The largest absolute Gasteiger partial charge is 0.324 e. The van der Waals surface area contributed by atoms with Crippen LogP contribution in [-0.4, -0.2) is 18.1 Å². The quantitative estimate of drug-likeness (QED) is 0.703. The van der Waals surface area contributed by atoms with Gasteiger partial charge in [0.1, 0.15) is 0 Å². The molecule has 2 nitrogen and oxygen atoms in total. The van der Waals surface area contributed by atoms with Gasteiger partial charge in [-0.1, -0.05) is 6.92 Å². The third-order valence-corrected chi connectivity index (χ3v) is 2.86. The fourth-order valence-electron chi connectivity index (χ4n) is 1.87. The molecule has 0 aromatic rings. The summed E-state index contributed by atoms with van der Waals surface area (Å²) in [5.74, 6) is 0.934. The number of hydrogen-bond acceptors (Lipinski definition) is 2. The predicted octanol–water partition coefficient (Wildman–Crippen LogP) is 1.89. The van der Waals surface area contributed by atoms with Gasteiger partial charge in [0.15, 0.2) is 0 Å². The Morgan fingerprint density at radius 1 is 1.23 bits per heavy atom. The molecule has 0 aromatic carbocycles. The van der Waals surface area contributed by atoms with Crippen molar-refractivity contribution in [3.8, 4) is 0 Å². The highest BCUT2D eigenvalue weighted by atomic mass is 15.0. The highest BCUT2D eigenvalue weighted by molar-refractivity contribution is 4.81. The minimum absolute atomic E-state index is 0.0664. The van der Waals surface area contributed by atoms with Crippen LogP contribution in [0.15, 0.2) is 0 Å². The lowest BCUT2D eigenvalue weighted by Gasteiger charge is -2.30. The second kappa shape index (κ2) is 4.43. The van der Waals surface area contributed by atoms with Crippen LogP contribution in [0.4, 0.5) is 0 Å². The van der Waals surface area contributed by atoms with Crippen LogP contribution < -0.4 is 11.1 Å². The standard InChI is InChI=1S/C11H24N2/c1-9-4-6-10(7-5-9)13-8-11(2,3)12/h9-10,13H,4-8,12H2,1-3H3. The van der Waals surface area contributed by atoms with Crippen LogP contribution in [0, 0.1) is 5.92 Å². The molecule has 0 spiro atoms. The SMILES string of the molecule is CC1CCC(NCC(C)(C)N)CC1. The van der Waals surface area contributed by atoms with Gasteiger partial charge in [0.2, 0.25) is 0 Å². The van der Waals surface area contributed by atoms with Crippen molar-refractivity contribution in [2.45, 2.75) is 58.0 Å². The molecule has 78 valence electrons. The molecule has 0 bridgehead atoms. The maximum atomic E-state index is 5.92. The van der Waals surface area contributed by atoms with Gasteiger partial charge in [-0.2, -0.15) is 0 Å². The third kappa shape index (κ3) is 4.63. The topological polar surface area (TPSA) is 38.0 Å². The second-order valence-corrected chi connectivity index (χ2v) is 5.33. The van der Waals surface area contributed by atoms with Crippen molar-refractivity contribution in [2.24, 2.45) is 11.7 Å². The summed E-state index contributed by atoms with van der Waals surface area (Å²) in [6, 6.07) is 0.721. The lowest BCUT2D eigenvalue weighted by atomic mass is 9.87. The van der Waals surface area contributed by atoms with E-state index in [0.29, 0.717) is 0 Å². The number of nitrogens with two attached hydrogens (primary N) is 1. The van der Waals surface area contributed by atoms with Gasteiger partial charge >= 0.3 is 0 Å². The molecule has 3 N–H and O–H groups in total. The Balaban J connectivity index is 2.16. The normalized spacial score (nSPS) is 30.5. The Labute approximate surface area is 82.3 Å². The summed E-state index contributed by atoms with van der Waals surface area (Å²) >= 11 is 0. The lowest BCUT2D eigenvalue weighted by Crippen LogP contribution is -2.47. The molecule has 0 amide bonds. The smallest absolute Gasteiger partial charge is 0.0223 e. The van der Waals surface area contributed by atoms with Gasteiger partial charge in [-0.25, -0.2) is 0 Å². The number of rotatable bonds is 3. The first-order chi connectivity index (χ1) is 5.97. The molecule has 13 heavy (non-hydrogen) atoms. The average molecular weight is 184 g/mol. The Hall–Kier alpha value is -0.0800. The molecule has 2 heteroatoms. The second-order valence-electron chi connectivity index (χ2n) is 5.33. The minimum Gasteiger partial charge on any atom is -0.324 e. The first kappa shape index (κ1) is 11.0. The maximum Gasteiger partial charge on any atom is 0.0223 e. The van der Waals surface area contributed by atoms with E-state index in [-0.39, 0.29) is 5.54 Å². The van der Waals surface area contributed by atoms with Gasteiger partial charge in [0.25, 0.3) is 0 Å². The number of hydrogen-bond donors (Lipinski definition) is 2. The molecular weight excluding hydrogens is 160 g/mol. The molecule has 0 radical (unpaired) electrons. The number of nitrogens with one attached hydrogen (secondary N) is 1. The maximum absolute atomic E-state index is 5.92. The van der Waals surface area contributed by atoms with Crippen LogP contribution in [0.25, 0.3) is 0 Å². The lowest BCUT2D eigenvalue weighted by molar-refractivity contribution is 0.292. The van der Waals surface area contributed by atoms with Crippen LogP contribution in [-0.2, 0) is 0 Å². The zero-order valence-electron chi connectivity index (χ0n) is 9.27. The fraction of sp³-hybridized carbons (Fsp3) is 1.00. The monoisotopic (exact) mass is 184 g/mol. The summed E-state index contributed by atoms with van der Waals surface area (Å²) in [4.78, 5) is 0. The van der Waals surface area contributed by atoms with E-state index in [2.05, 4.69) is 26.1 Å². The summed E-state index contributed by atoms with van der Waals surface area (Å²) in [5, 5.41) is 3.56. The van der Waals surface area contributed by atoms with Crippen LogP contribution >= 0.6 is 0 Å². The molecule has 1 aliphatic carbocycles. The highest BCUT2D eigenvalue weighted by Crippen LogP contribution is 2.23. The van der Waals surface area contributed by atoms with E-state index in [0.717, 1.165) is 18.5 Å². The van der Waals surface area contributed by atoms with Gasteiger partial charge in [-0.3, -0.25) is 0 Å². The molecule has 1 aliphatic rings. The summed E-state index contributed by atoms with van der Waals surface area (Å²) in [6.45, 7) is 7.44. The molecular formula is C11H24N2. The van der Waals surface area contributed by atoms with Gasteiger partial charge < -0.3 is 11.1 Å². The Bertz CT molecular complexity index is 141. The first-order valence-electron chi connectivity index (χ1n) is 5.49. The van der Waals surface area contributed by atoms with Crippen molar-refractivity contribution in [1.82, 2.24) is 5.32 Å². The molecule has 0 saturated heterocycles. The van der Waals surface area contributed by atoms with Crippen LogP contribution in [0.2, 0.25) is 0 Å². The summed E-state index contributed by atoms with van der Waals surface area (Å²) in [6.07, 6.45) is 5.42. The fourth-order valence-corrected chi connectivity index (χ4v) is 1.87. The Kier molecular flexibility index (Phi) is 3.74. The minimum atomic E-state index is -0.0664. The van der Waals surface area contributed by atoms with Crippen molar-refractivity contribution in [3.05, 3.63) is 0 Å². The molecule has 0 unspecified atom stereocenters. The van der Waals surface area contributed by atoms with Crippen molar-refractivity contribution < 1.29 is 0 Å². The van der Waals surface area contributed by atoms with Gasteiger partial charge in [0, 0.05) is 18.1 Å².